The molecule has 6 heteroatoms. The molecule has 1 aromatic heterocycles. The van der Waals surface area contributed by atoms with Gasteiger partial charge in [0.1, 0.15) is 23.0 Å². The normalized spacial score (nSPS) is 15.1. The quantitative estimate of drug-likeness (QED) is 0.531. The second-order valence-corrected chi connectivity index (χ2v) is 7.17. The number of hydrogen-bond donors (Lipinski definition) is 1. The third-order valence-electron chi connectivity index (χ3n) is 4.39. The highest BCUT2D eigenvalue weighted by Crippen LogP contribution is 2.37. The summed E-state index contributed by atoms with van der Waals surface area (Å²) in [5.74, 6) is -0.124. The van der Waals surface area contributed by atoms with Gasteiger partial charge in [-0.05, 0) is 49.1 Å². The Hall–Kier alpha value is -2.08. The van der Waals surface area contributed by atoms with Gasteiger partial charge in [0.2, 0.25) is 0 Å². The molecule has 2 nitrogen and oxygen atoms in total. The summed E-state index contributed by atoms with van der Waals surface area (Å²) in [4.78, 5) is 0. The Labute approximate surface area is 149 Å². The number of nitrogens with one attached hydrogen (secondary N) is 1. The average Bonchev–Trinajstić information content (AvgIpc) is 2.87. The molecule has 3 rings (SSSR count). The van der Waals surface area contributed by atoms with Gasteiger partial charge in [0.25, 0.3) is 0 Å². The molecule has 0 spiro atoms. The Morgan fingerprint density at radius 1 is 0.962 bits per heavy atom. The van der Waals surface area contributed by atoms with E-state index in [2.05, 4.69) is 5.32 Å². The lowest BCUT2D eigenvalue weighted by molar-refractivity contribution is -0.159. The lowest BCUT2D eigenvalue weighted by atomic mass is 10.00. The van der Waals surface area contributed by atoms with E-state index in [-0.39, 0.29) is 11.6 Å². The maximum atomic E-state index is 13.6. The van der Waals surface area contributed by atoms with E-state index < -0.39 is 18.0 Å². The van der Waals surface area contributed by atoms with Crippen molar-refractivity contribution in [1.82, 2.24) is 5.32 Å². The molecule has 0 saturated heterocycles. The maximum Gasteiger partial charge on any atom is 0.407 e. The standard InChI is InChI=1S/C20H21F4NO/c1-11(2)8-12(3)25-19(20(22,23)24)13-4-6-15-16-10-14(21)5-7-17(16)26-18(15)9-13/h4-7,9-12,19,25H,8H2,1-3H3. The van der Waals surface area contributed by atoms with Gasteiger partial charge in [-0.2, -0.15) is 13.2 Å². The van der Waals surface area contributed by atoms with Gasteiger partial charge < -0.3 is 4.42 Å². The summed E-state index contributed by atoms with van der Waals surface area (Å²) in [6.45, 7) is 5.70. The molecular weight excluding hydrogens is 346 g/mol. The van der Waals surface area contributed by atoms with E-state index in [1.165, 1.54) is 30.3 Å². The van der Waals surface area contributed by atoms with Crippen molar-refractivity contribution in [1.29, 1.82) is 0 Å². The summed E-state index contributed by atoms with van der Waals surface area (Å²) < 4.78 is 59.9. The van der Waals surface area contributed by atoms with Crippen molar-refractivity contribution < 1.29 is 22.0 Å². The van der Waals surface area contributed by atoms with Crippen molar-refractivity contribution in [2.75, 3.05) is 0 Å². The highest BCUT2D eigenvalue weighted by molar-refractivity contribution is 6.04. The Bertz CT molecular complexity index is 913. The Morgan fingerprint density at radius 3 is 2.35 bits per heavy atom. The molecule has 0 saturated carbocycles. The first-order valence-electron chi connectivity index (χ1n) is 8.59. The van der Waals surface area contributed by atoms with Gasteiger partial charge in [-0.25, -0.2) is 4.39 Å². The second kappa shape index (κ2) is 6.91. The minimum atomic E-state index is -4.43. The van der Waals surface area contributed by atoms with Crippen molar-refractivity contribution in [3.63, 3.8) is 0 Å². The van der Waals surface area contributed by atoms with Gasteiger partial charge in [-0.3, -0.25) is 5.32 Å². The van der Waals surface area contributed by atoms with Crippen LogP contribution in [-0.2, 0) is 0 Å². The van der Waals surface area contributed by atoms with E-state index in [0.29, 0.717) is 34.3 Å². The number of alkyl halides is 3. The van der Waals surface area contributed by atoms with Gasteiger partial charge >= 0.3 is 6.18 Å². The first-order valence-corrected chi connectivity index (χ1v) is 8.59. The molecule has 0 fully saturated rings. The topological polar surface area (TPSA) is 25.2 Å². The van der Waals surface area contributed by atoms with Gasteiger partial charge in [0.15, 0.2) is 0 Å². The predicted octanol–water partition coefficient (Wildman–Crippen LogP) is 6.35. The van der Waals surface area contributed by atoms with Crippen LogP contribution in [0.4, 0.5) is 17.6 Å². The van der Waals surface area contributed by atoms with Gasteiger partial charge in [-0.1, -0.05) is 26.0 Å². The number of rotatable bonds is 5. The van der Waals surface area contributed by atoms with Crippen molar-refractivity contribution in [3.05, 3.63) is 47.8 Å². The first-order chi connectivity index (χ1) is 12.1. The van der Waals surface area contributed by atoms with E-state index >= 15 is 0 Å². The first kappa shape index (κ1) is 18.7. The third-order valence-corrected chi connectivity index (χ3v) is 4.39. The molecule has 2 atom stereocenters. The fourth-order valence-corrected chi connectivity index (χ4v) is 3.38. The van der Waals surface area contributed by atoms with Crippen LogP contribution >= 0.6 is 0 Å². The molecule has 2 unspecified atom stereocenters. The third kappa shape index (κ3) is 3.85. The smallest absolute Gasteiger partial charge is 0.407 e. The van der Waals surface area contributed by atoms with E-state index in [4.69, 9.17) is 4.42 Å². The summed E-state index contributed by atoms with van der Waals surface area (Å²) in [7, 11) is 0. The fraction of sp³-hybridized carbons (Fsp3) is 0.400. The molecular formula is C20H21F4NO. The predicted molar refractivity (Wildman–Crippen MR) is 94.5 cm³/mol. The average molecular weight is 367 g/mol. The van der Waals surface area contributed by atoms with Crippen molar-refractivity contribution in [3.8, 4) is 0 Å². The van der Waals surface area contributed by atoms with Crippen molar-refractivity contribution >= 4 is 21.9 Å². The van der Waals surface area contributed by atoms with Crippen LogP contribution in [0.2, 0.25) is 0 Å². The van der Waals surface area contributed by atoms with E-state index in [9.17, 15) is 17.6 Å². The number of hydrogen-bond acceptors (Lipinski definition) is 2. The fourth-order valence-electron chi connectivity index (χ4n) is 3.38. The summed E-state index contributed by atoms with van der Waals surface area (Å²) in [5, 5.41) is 3.83. The largest absolute Gasteiger partial charge is 0.456 e. The van der Waals surface area contributed by atoms with Crippen molar-refractivity contribution in [2.24, 2.45) is 5.92 Å². The Kier molecular flexibility index (Phi) is 4.97. The zero-order valence-corrected chi connectivity index (χ0v) is 14.8. The maximum absolute atomic E-state index is 13.6. The minimum Gasteiger partial charge on any atom is -0.456 e. The molecule has 140 valence electrons. The van der Waals surface area contributed by atoms with E-state index in [1.54, 1.807) is 13.0 Å². The molecule has 0 aliphatic heterocycles. The molecule has 0 bridgehead atoms. The van der Waals surface area contributed by atoms with Crippen LogP contribution in [-0.4, -0.2) is 12.2 Å². The Morgan fingerprint density at radius 2 is 1.69 bits per heavy atom. The van der Waals surface area contributed by atoms with Crippen LogP contribution in [0, 0.1) is 11.7 Å². The number of furan rings is 1. The number of halogens is 4. The van der Waals surface area contributed by atoms with Crippen LogP contribution < -0.4 is 5.32 Å². The summed E-state index contributed by atoms with van der Waals surface area (Å²) in [5.41, 5.74) is 0.846. The van der Waals surface area contributed by atoms with Crippen LogP contribution in [0.15, 0.2) is 40.8 Å². The lowest BCUT2D eigenvalue weighted by Gasteiger charge is -2.26. The molecule has 0 amide bonds. The monoisotopic (exact) mass is 367 g/mol. The summed E-state index contributed by atoms with van der Waals surface area (Å²) in [6.07, 6.45) is -3.80. The van der Waals surface area contributed by atoms with Gasteiger partial charge in [-0.15, -0.1) is 0 Å². The molecule has 1 N–H and O–H groups in total. The molecule has 26 heavy (non-hydrogen) atoms. The molecule has 3 aromatic rings. The van der Waals surface area contributed by atoms with Crippen LogP contribution in [0.1, 0.15) is 38.8 Å². The highest BCUT2D eigenvalue weighted by atomic mass is 19.4. The van der Waals surface area contributed by atoms with E-state index in [0.717, 1.165) is 0 Å². The van der Waals surface area contributed by atoms with Crippen molar-refractivity contribution in [2.45, 2.75) is 45.5 Å². The SMILES string of the molecule is CC(C)CC(C)NC(c1ccc2c(c1)oc1ccc(F)cc12)C(F)(F)F. The molecule has 0 aliphatic carbocycles. The zero-order chi connectivity index (χ0) is 19.1. The van der Waals surface area contributed by atoms with Gasteiger partial charge in [0.05, 0.1) is 0 Å². The summed E-state index contributed by atoms with van der Waals surface area (Å²) in [6, 6.07) is 6.37. The lowest BCUT2D eigenvalue weighted by Crippen LogP contribution is -2.39. The Balaban J connectivity index is 2.01. The van der Waals surface area contributed by atoms with Crippen LogP contribution in [0.5, 0.6) is 0 Å². The second-order valence-electron chi connectivity index (χ2n) is 7.17. The highest BCUT2D eigenvalue weighted by Gasteiger charge is 2.41. The molecule has 2 aromatic carbocycles. The zero-order valence-electron chi connectivity index (χ0n) is 14.8. The van der Waals surface area contributed by atoms with Crippen LogP contribution in [0.25, 0.3) is 21.9 Å². The number of fused-ring (bicyclic) bond motifs is 3. The van der Waals surface area contributed by atoms with Gasteiger partial charge in [0, 0.05) is 16.8 Å². The molecule has 1 heterocycles. The summed E-state index contributed by atoms with van der Waals surface area (Å²) >= 11 is 0. The van der Waals surface area contributed by atoms with E-state index in [1.807, 2.05) is 13.8 Å². The van der Waals surface area contributed by atoms with Crippen LogP contribution in [0.3, 0.4) is 0 Å². The number of benzene rings is 2. The molecule has 0 aliphatic rings. The minimum absolute atomic E-state index is 0.0835. The molecule has 0 radical (unpaired) electrons.